The van der Waals surface area contributed by atoms with Crippen LogP contribution in [0.1, 0.15) is 0 Å². The molecule has 0 radical (unpaired) electrons. The fourth-order valence-corrected chi connectivity index (χ4v) is 0.0577. The van der Waals surface area contributed by atoms with Crippen molar-refractivity contribution in [2.24, 2.45) is 5.73 Å². The van der Waals surface area contributed by atoms with Gasteiger partial charge >= 0.3 is 6.54 Å². The van der Waals surface area contributed by atoms with Crippen molar-refractivity contribution in [2.45, 2.75) is 0 Å². The summed E-state index contributed by atoms with van der Waals surface area (Å²) in [6, 6.07) is 0. The number of hydrogen-bond donors (Lipinski definition) is 1. The van der Waals surface area contributed by atoms with E-state index in [-0.39, 0.29) is 0 Å². The molecule has 0 bridgehead atoms. The van der Waals surface area contributed by atoms with E-state index in [2.05, 4.69) is 4.98 Å². The second-order valence-electron chi connectivity index (χ2n) is 0.654. The number of nitrogens with two attached hydrogens (primary N) is 1. The Morgan fingerprint density at radius 2 is 2.40 bits per heavy atom. The van der Waals surface area contributed by atoms with Crippen molar-refractivity contribution in [3.05, 3.63) is 4.98 Å². The third-order valence-electron chi connectivity index (χ3n) is 0.229. The van der Waals surface area contributed by atoms with Crippen LogP contribution in [0, 0.1) is 5.39 Å². The van der Waals surface area contributed by atoms with E-state index in [1.807, 2.05) is 0 Å². The van der Waals surface area contributed by atoms with Crippen molar-refractivity contribution in [1.29, 1.82) is 5.39 Å². The van der Waals surface area contributed by atoms with E-state index < -0.39 is 0 Å². The van der Waals surface area contributed by atoms with Crippen LogP contribution in [-0.4, -0.2) is 13.1 Å². The summed E-state index contributed by atoms with van der Waals surface area (Å²) in [4.78, 5) is 2.73. The largest absolute Gasteiger partial charge is 0.324 e. The maximum Gasteiger partial charge on any atom is 0.317 e. The zero-order valence-corrected chi connectivity index (χ0v) is 2.89. The van der Waals surface area contributed by atoms with Gasteiger partial charge < -0.3 is 5.73 Å². The quantitative estimate of drug-likeness (QED) is 0.436. The van der Waals surface area contributed by atoms with E-state index in [1.165, 1.54) is 0 Å². The van der Waals surface area contributed by atoms with Crippen molar-refractivity contribution in [3.63, 3.8) is 0 Å². The molecule has 0 spiro atoms. The molecule has 0 aromatic heterocycles. The van der Waals surface area contributed by atoms with Gasteiger partial charge in [-0.15, -0.1) is 0 Å². The zero-order valence-electron chi connectivity index (χ0n) is 2.89. The van der Waals surface area contributed by atoms with Crippen LogP contribution < -0.4 is 5.73 Å². The van der Waals surface area contributed by atoms with Gasteiger partial charge in [0.1, 0.15) is 4.98 Å². The predicted molar refractivity (Wildman–Crippen MR) is 19.0 cm³/mol. The average molecular weight is 72.1 g/mol. The standard InChI is InChI=1S/C2H6N3/c3-1-2-5-4/h1-3H2/q+1. The number of diazo groups is 1. The molecule has 0 aliphatic heterocycles. The smallest absolute Gasteiger partial charge is 0.317 e. The van der Waals surface area contributed by atoms with E-state index in [1.54, 1.807) is 0 Å². The lowest BCUT2D eigenvalue weighted by molar-refractivity contribution is 1.05. The zero-order chi connectivity index (χ0) is 4.12. The van der Waals surface area contributed by atoms with Gasteiger partial charge in [0.05, 0.1) is 6.54 Å². The van der Waals surface area contributed by atoms with Crippen molar-refractivity contribution >= 4 is 0 Å². The molecule has 0 unspecified atom stereocenters. The molecule has 3 heteroatoms. The van der Waals surface area contributed by atoms with Gasteiger partial charge in [0.15, 0.2) is 0 Å². The van der Waals surface area contributed by atoms with Gasteiger partial charge in [-0.3, -0.25) is 0 Å². The highest BCUT2D eigenvalue weighted by Gasteiger charge is 1.80. The Morgan fingerprint density at radius 1 is 1.80 bits per heavy atom. The van der Waals surface area contributed by atoms with Gasteiger partial charge in [0.2, 0.25) is 5.39 Å². The summed E-state index contributed by atoms with van der Waals surface area (Å²) in [5, 5.41) is 7.61. The van der Waals surface area contributed by atoms with Crippen LogP contribution in [-0.2, 0) is 0 Å². The first-order valence-corrected chi connectivity index (χ1v) is 1.42. The second-order valence-corrected chi connectivity index (χ2v) is 0.654. The summed E-state index contributed by atoms with van der Waals surface area (Å²) in [5.74, 6) is 0. The van der Waals surface area contributed by atoms with E-state index in [0.29, 0.717) is 13.1 Å². The number of hydrogen-bond acceptors (Lipinski definition) is 2. The minimum atomic E-state index is 0.347. The molecular weight excluding hydrogens is 66.0 g/mol. The summed E-state index contributed by atoms with van der Waals surface area (Å²) >= 11 is 0. The number of rotatable bonds is 1. The predicted octanol–water partition coefficient (Wildman–Crippen LogP) is -0.202. The van der Waals surface area contributed by atoms with Gasteiger partial charge in [-0.05, 0) is 0 Å². The fraction of sp³-hybridized carbons (Fsp3) is 1.00. The molecule has 3 nitrogen and oxygen atoms in total. The summed E-state index contributed by atoms with van der Waals surface area (Å²) in [6.07, 6.45) is 0. The van der Waals surface area contributed by atoms with Crippen LogP contribution in [0.3, 0.4) is 0 Å². The second kappa shape index (κ2) is 3.38. The highest BCUT2D eigenvalue weighted by atomic mass is 14.9. The Bertz CT molecular complexity index is 43.3. The summed E-state index contributed by atoms with van der Waals surface area (Å²) < 4.78 is 0. The normalized spacial score (nSPS) is 6.40. The highest BCUT2D eigenvalue weighted by molar-refractivity contribution is 4.50. The maximum atomic E-state index is 7.61. The first-order chi connectivity index (χ1) is 2.41. The van der Waals surface area contributed by atoms with Crippen molar-refractivity contribution < 1.29 is 0 Å². The van der Waals surface area contributed by atoms with Crippen LogP contribution in [0.2, 0.25) is 0 Å². The minimum Gasteiger partial charge on any atom is -0.324 e. The van der Waals surface area contributed by atoms with Gasteiger partial charge in [-0.1, -0.05) is 0 Å². The molecule has 0 saturated carbocycles. The van der Waals surface area contributed by atoms with Crippen LogP contribution in [0.25, 0.3) is 4.98 Å². The lowest BCUT2D eigenvalue weighted by atomic mass is 10.7. The van der Waals surface area contributed by atoms with Gasteiger partial charge in [-0.2, -0.15) is 0 Å². The third-order valence-corrected chi connectivity index (χ3v) is 0.229. The Morgan fingerprint density at radius 3 is 2.40 bits per heavy atom. The molecule has 2 N–H and O–H groups in total. The first-order valence-electron chi connectivity index (χ1n) is 1.42. The van der Waals surface area contributed by atoms with E-state index in [9.17, 15) is 0 Å². The lowest BCUT2D eigenvalue weighted by Crippen LogP contribution is -1.99. The minimum absolute atomic E-state index is 0.347. The maximum absolute atomic E-state index is 7.61. The Balaban J connectivity index is 2.48. The Hall–Kier alpha value is -0.620. The highest BCUT2D eigenvalue weighted by Crippen LogP contribution is 1.53. The van der Waals surface area contributed by atoms with Gasteiger partial charge in [0.25, 0.3) is 0 Å². The lowest BCUT2D eigenvalue weighted by Gasteiger charge is -1.56. The molecular formula is C2H6N3+. The van der Waals surface area contributed by atoms with Crippen LogP contribution in [0.15, 0.2) is 0 Å². The molecule has 0 aliphatic rings. The van der Waals surface area contributed by atoms with Crippen molar-refractivity contribution in [1.82, 2.24) is 0 Å². The fourth-order valence-electron chi connectivity index (χ4n) is 0.0577. The van der Waals surface area contributed by atoms with Gasteiger partial charge in [0, 0.05) is 0 Å². The summed E-state index contributed by atoms with van der Waals surface area (Å²) in [5.41, 5.74) is 4.89. The van der Waals surface area contributed by atoms with Crippen LogP contribution >= 0.6 is 0 Å². The molecule has 0 rings (SSSR count). The first kappa shape index (κ1) is 4.38. The monoisotopic (exact) mass is 72.1 g/mol. The molecule has 0 amide bonds. The van der Waals surface area contributed by atoms with Crippen LogP contribution in [0.5, 0.6) is 0 Å². The summed E-state index contributed by atoms with van der Waals surface area (Å²) in [7, 11) is 0. The molecule has 0 aromatic carbocycles. The third kappa shape index (κ3) is 3.38. The Labute approximate surface area is 30.4 Å². The van der Waals surface area contributed by atoms with E-state index in [0.717, 1.165) is 0 Å². The molecule has 0 aromatic rings. The molecule has 0 aliphatic carbocycles. The Kier molecular flexibility index (Phi) is 2.96. The van der Waals surface area contributed by atoms with Crippen molar-refractivity contribution in [2.75, 3.05) is 13.1 Å². The summed E-state index contributed by atoms with van der Waals surface area (Å²) in [6.45, 7) is 0.774. The number of nitrogens with zero attached hydrogens (tertiary/aromatic N) is 2. The van der Waals surface area contributed by atoms with Crippen molar-refractivity contribution in [3.8, 4) is 0 Å². The average Bonchev–Trinajstić information content (AvgIpc) is 1.41. The molecule has 0 saturated heterocycles. The molecule has 5 heavy (non-hydrogen) atoms. The molecule has 0 fully saturated rings. The van der Waals surface area contributed by atoms with E-state index in [4.69, 9.17) is 11.1 Å². The molecule has 0 heterocycles. The van der Waals surface area contributed by atoms with Gasteiger partial charge in [-0.25, -0.2) is 0 Å². The van der Waals surface area contributed by atoms with E-state index >= 15 is 0 Å². The topological polar surface area (TPSA) is 54.2 Å². The SMILES string of the molecule is N#[N+]CCN. The molecule has 0 atom stereocenters. The van der Waals surface area contributed by atoms with Crippen LogP contribution in [0.4, 0.5) is 0 Å². The molecule has 28 valence electrons.